The molecule has 0 bridgehead atoms. The molecule has 0 saturated carbocycles. The molecule has 1 fully saturated rings. The minimum absolute atomic E-state index is 0.296. The van der Waals surface area contributed by atoms with Crippen molar-refractivity contribution >= 4 is 23.0 Å². The van der Waals surface area contributed by atoms with Crippen LogP contribution in [-0.2, 0) is 0 Å². The molecule has 3 aromatic carbocycles. The minimum atomic E-state index is 0.296. The third kappa shape index (κ3) is 3.63. The standard InChI is InChI=1S/C23H22N2S/c26-23(24-21-14-8-3-9-15-21)25-17-20(18-10-4-1-5-11-18)16-22(25)19-12-6-2-7-13-19/h1-15,20,22H,16-17H2,(H,24,26)/t20-,22+/m0/s1. The predicted molar refractivity (Wildman–Crippen MR) is 112 cm³/mol. The van der Waals surface area contributed by atoms with E-state index in [2.05, 4.69) is 83.0 Å². The van der Waals surface area contributed by atoms with E-state index in [0.29, 0.717) is 12.0 Å². The number of hydrogen-bond acceptors (Lipinski definition) is 1. The molecule has 130 valence electrons. The Labute approximate surface area is 160 Å². The number of benzene rings is 3. The molecule has 2 atom stereocenters. The number of nitrogens with zero attached hydrogens (tertiary/aromatic N) is 1. The fourth-order valence-electron chi connectivity index (χ4n) is 3.74. The average Bonchev–Trinajstić information content (AvgIpc) is 3.16. The van der Waals surface area contributed by atoms with Crippen LogP contribution in [-0.4, -0.2) is 16.6 Å². The second-order valence-electron chi connectivity index (χ2n) is 6.72. The molecule has 3 heteroatoms. The zero-order chi connectivity index (χ0) is 17.8. The number of nitrogens with one attached hydrogen (secondary N) is 1. The maximum atomic E-state index is 5.79. The van der Waals surface area contributed by atoms with Crippen molar-refractivity contribution in [2.24, 2.45) is 0 Å². The van der Waals surface area contributed by atoms with Crippen LogP contribution in [0.5, 0.6) is 0 Å². The number of thiocarbonyl (C=S) groups is 1. The van der Waals surface area contributed by atoms with Gasteiger partial charge in [0.15, 0.2) is 5.11 Å². The molecule has 4 rings (SSSR count). The zero-order valence-corrected chi connectivity index (χ0v) is 15.4. The van der Waals surface area contributed by atoms with E-state index >= 15 is 0 Å². The first-order chi connectivity index (χ1) is 12.8. The van der Waals surface area contributed by atoms with Gasteiger partial charge in [0, 0.05) is 18.2 Å². The topological polar surface area (TPSA) is 15.3 Å². The van der Waals surface area contributed by atoms with Gasteiger partial charge in [-0.1, -0.05) is 78.9 Å². The van der Waals surface area contributed by atoms with Crippen LogP contribution in [0.4, 0.5) is 5.69 Å². The molecule has 0 aromatic heterocycles. The summed E-state index contributed by atoms with van der Waals surface area (Å²) in [7, 11) is 0. The van der Waals surface area contributed by atoms with Gasteiger partial charge in [0.05, 0.1) is 6.04 Å². The normalized spacial score (nSPS) is 19.3. The van der Waals surface area contributed by atoms with E-state index in [-0.39, 0.29) is 0 Å². The average molecular weight is 359 g/mol. The molecule has 1 N–H and O–H groups in total. The predicted octanol–water partition coefficient (Wildman–Crippen LogP) is 5.61. The molecule has 0 radical (unpaired) electrons. The quantitative estimate of drug-likeness (QED) is 0.612. The van der Waals surface area contributed by atoms with Crippen LogP contribution in [0.2, 0.25) is 0 Å². The van der Waals surface area contributed by atoms with Crippen molar-refractivity contribution < 1.29 is 0 Å². The highest BCUT2D eigenvalue weighted by Gasteiger charge is 2.35. The van der Waals surface area contributed by atoms with Crippen LogP contribution in [0.15, 0.2) is 91.0 Å². The first-order valence-electron chi connectivity index (χ1n) is 9.04. The number of likely N-dealkylation sites (tertiary alicyclic amines) is 1. The third-order valence-electron chi connectivity index (χ3n) is 5.04. The monoisotopic (exact) mass is 358 g/mol. The summed E-state index contributed by atoms with van der Waals surface area (Å²) >= 11 is 5.79. The summed E-state index contributed by atoms with van der Waals surface area (Å²) in [6.45, 7) is 0.933. The molecule has 0 amide bonds. The molecule has 1 heterocycles. The third-order valence-corrected chi connectivity index (χ3v) is 5.38. The van der Waals surface area contributed by atoms with E-state index in [0.717, 1.165) is 23.8 Å². The van der Waals surface area contributed by atoms with Crippen LogP contribution in [0.3, 0.4) is 0 Å². The van der Waals surface area contributed by atoms with Crippen molar-refractivity contribution in [1.29, 1.82) is 0 Å². The Kier molecular flexibility index (Phi) is 4.98. The van der Waals surface area contributed by atoms with Gasteiger partial charge in [-0.25, -0.2) is 0 Å². The smallest absolute Gasteiger partial charge is 0.173 e. The van der Waals surface area contributed by atoms with Crippen LogP contribution in [0.25, 0.3) is 0 Å². The lowest BCUT2D eigenvalue weighted by Gasteiger charge is -2.28. The van der Waals surface area contributed by atoms with Crippen molar-refractivity contribution in [1.82, 2.24) is 4.90 Å². The van der Waals surface area contributed by atoms with E-state index in [1.54, 1.807) is 0 Å². The number of rotatable bonds is 3. The van der Waals surface area contributed by atoms with Crippen molar-refractivity contribution in [2.75, 3.05) is 11.9 Å². The maximum Gasteiger partial charge on any atom is 0.173 e. The van der Waals surface area contributed by atoms with E-state index < -0.39 is 0 Å². The fraction of sp³-hybridized carbons (Fsp3) is 0.174. The second-order valence-corrected chi connectivity index (χ2v) is 7.11. The molecule has 2 nitrogen and oxygen atoms in total. The Morgan fingerprint density at radius 3 is 1.92 bits per heavy atom. The molecular formula is C23H22N2S. The molecule has 0 aliphatic carbocycles. The second kappa shape index (κ2) is 7.71. The molecule has 3 aromatic rings. The molecule has 1 aliphatic rings. The summed E-state index contributed by atoms with van der Waals surface area (Å²) in [6.07, 6.45) is 1.07. The number of hydrogen-bond donors (Lipinski definition) is 1. The molecule has 0 unspecified atom stereocenters. The number of anilines is 1. The first-order valence-corrected chi connectivity index (χ1v) is 9.44. The van der Waals surface area contributed by atoms with E-state index in [1.165, 1.54) is 11.1 Å². The van der Waals surface area contributed by atoms with Crippen LogP contribution in [0.1, 0.15) is 29.5 Å². The lowest BCUT2D eigenvalue weighted by atomic mass is 9.94. The Morgan fingerprint density at radius 1 is 0.769 bits per heavy atom. The summed E-state index contributed by atoms with van der Waals surface area (Å²) in [6, 6.07) is 31.9. The largest absolute Gasteiger partial charge is 0.341 e. The van der Waals surface area contributed by atoms with E-state index in [1.807, 2.05) is 18.2 Å². The Hall–Kier alpha value is -2.65. The van der Waals surface area contributed by atoms with Crippen molar-refractivity contribution in [3.05, 3.63) is 102 Å². The van der Waals surface area contributed by atoms with Gasteiger partial charge in [-0.05, 0) is 41.9 Å². The van der Waals surface area contributed by atoms with Gasteiger partial charge in [0.2, 0.25) is 0 Å². The summed E-state index contributed by atoms with van der Waals surface area (Å²) < 4.78 is 0. The minimum Gasteiger partial charge on any atom is -0.341 e. The summed E-state index contributed by atoms with van der Waals surface area (Å²) in [5.74, 6) is 0.483. The van der Waals surface area contributed by atoms with Crippen LogP contribution in [0, 0.1) is 0 Å². The van der Waals surface area contributed by atoms with Crippen molar-refractivity contribution in [3.63, 3.8) is 0 Å². The highest BCUT2D eigenvalue weighted by atomic mass is 32.1. The van der Waals surface area contributed by atoms with Gasteiger partial charge in [-0.3, -0.25) is 0 Å². The lowest BCUT2D eigenvalue weighted by Crippen LogP contribution is -2.34. The van der Waals surface area contributed by atoms with Gasteiger partial charge in [-0.2, -0.15) is 0 Å². The molecular weight excluding hydrogens is 336 g/mol. The molecule has 1 aliphatic heterocycles. The van der Waals surface area contributed by atoms with Crippen LogP contribution < -0.4 is 5.32 Å². The number of para-hydroxylation sites is 1. The lowest BCUT2D eigenvalue weighted by molar-refractivity contribution is 0.405. The molecule has 0 spiro atoms. The van der Waals surface area contributed by atoms with Gasteiger partial charge in [0.1, 0.15) is 0 Å². The van der Waals surface area contributed by atoms with E-state index in [9.17, 15) is 0 Å². The maximum absolute atomic E-state index is 5.79. The molecule has 26 heavy (non-hydrogen) atoms. The van der Waals surface area contributed by atoms with Crippen molar-refractivity contribution in [2.45, 2.75) is 18.4 Å². The first kappa shape index (κ1) is 16.8. The van der Waals surface area contributed by atoms with Gasteiger partial charge in [0.25, 0.3) is 0 Å². The highest BCUT2D eigenvalue weighted by molar-refractivity contribution is 7.80. The van der Waals surface area contributed by atoms with Crippen LogP contribution >= 0.6 is 12.2 Å². The highest BCUT2D eigenvalue weighted by Crippen LogP contribution is 2.40. The summed E-state index contributed by atoms with van der Waals surface area (Å²) in [5.41, 5.74) is 3.74. The van der Waals surface area contributed by atoms with Gasteiger partial charge in [-0.15, -0.1) is 0 Å². The summed E-state index contributed by atoms with van der Waals surface area (Å²) in [5, 5.41) is 4.21. The zero-order valence-electron chi connectivity index (χ0n) is 14.6. The fourth-order valence-corrected chi connectivity index (χ4v) is 4.05. The molecule has 1 saturated heterocycles. The Morgan fingerprint density at radius 2 is 1.31 bits per heavy atom. The SMILES string of the molecule is S=C(Nc1ccccc1)N1C[C@@H](c2ccccc2)C[C@@H]1c1ccccc1. The Bertz CT molecular complexity index is 849. The van der Waals surface area contributed by atoms with Crippen molar-refractivity contribution in [3.8, 4) is 0 Å². The van der Waals surface area contributed by atoms with Gasteiger partial charge >= 0.3 is 0 Å². The van der Waals surface area contributed by atoms with E-state index in [4.69, 9.17) is 12.2 Å². The Balaban J connectivity index is 1.60. The van der Waals surface area contributed by atoms with Gasteiger partial charge < -0.3 is 10.2 Å². The summed E-state index contributed by atoms with van der Waals surface area (Å²) in [4.78, 5) is 2.34.